The minimum Gasteiger partial charge on any atom is -0.352 e. The summed E-state index contributed by atoms with van der Waals surface area (Å²) in [7, 11) is -3.74. The van der Waals surface area contributed by atoms with Crippen molar-refractivity contribution in [3.63, 3.8) is 0 Å². The second kappa shape index (κ2) is 11.1. The van der Waals surface area contributed by atoms with Gasteiger partial charge in [0.15, 0.2) is 0 Å². The lowest BCUT2D eigenvalue weighted by molar-refractivity contribution is -0.121. The van der Waals surface area contributed by atoms with Gasteiger partial charge < -0.3 is 5.32 Å². The Balaban J connectivity index is 1.40. The molecule has 0 bridgehead atoms. The topological polar surface area (TPSA) is 78.5 Å². The molecule has 8 heteroatoms. The molecule has 1 aliphatic heterocycles. The zero-order valence-electron chi connectivity index (χ0n) is 17.8. The van der Waals surface area contributed by atoms with Crippen LogP contribution in [-0.2, 0) is 27.9 Å². The van der Waals surface area contributed by atoms with Crippen molar-refractivity contribution >= 4 is 27.5 Å². The van der Waals surface area contributed by atoms with E-state index in [4.69, 9.17) is 11.6 Å². The Kier molecular flexibility index (Phi) is 8.49. The average Bonchev–Trinajstić information content (AvgIpc) is 2.73. The summed E-state index contributed by atoms with van der Waals surface area (Å²) in [5, 5.41) is 2.98. The molecule has 1 atom stereocenters. The minimum atomic E-state index is -3.74. The summed E-state index contributed by atoms with van der Waals surface area (Å²) in [4.78, 5) is 14.6. The molecule has 1 aliphatic rings. The van der Waals surface area contributed by atoms with E-state index in [0.717, 1.165) is 31.1 Å². The minimum absolute atomic E-state index is 0.00653. The third-order valence-electron chi connectivity index (χ3n) is 5.43. The number of halogens is 1. The average molecular weight is 464 g/mol. The normalized spacial score (nSPS) is 17.4. The van der Waals surface area contributed by atoms with E-state index in [-0.39, 0.29) is 28.8 Å². The Bertz CT molecular complexity index is 980. The summed E-state index contributed by atoms with van der Waals surface area (Å²) in [6.45, 7) is 5.99. The highest BCUT2D eigenvalue weighted by Crippen LogP contribution is 2.20. The molecule has 1 heterocycles. The third-order valence-corrected chi connectivity index (χ3v) is 7.39. The fourth-order valence-electron chi connectivity index (χ4n) is 3.78. The Hall–Kier alpha value is -1.93. The van der Waals surface area contributed by atoms with Crippen molar-refractivity contribution < 1.29 is 13.2 Å². The standard InChI is InChI=1S/C23H30ClN3O3S/c1-18-5-4-14-27(16-18)17-20-10-8-19(9-11-20)15-25-23(28)12-13-26-31(29,30)22-7-3-2-6-21(22)24/h2-3,6-11,18,26H,4-5,12-17H2,1H3,(H,25,28). The molecule has 2 aromatic carbocycles. The number of carbonyl (C=O) groups excluding carboxylic acids is 1. The molecule has 0 saturated carbocycles. The number of hydrogen-bond donors (Lipinski definition) is 2. The molecule has 0 spiro atoms. The first kappa shape index (κ1) is 23.7. The van der Waals surface area contributed by atoms with Gasteiger partial charge in [0.2, 0.25) is 15.9 Å². The summed E-state index contributed by atoms with van der Waals surface area (Å²) >= 11 is 5.94. The zero-order valence-corrected chi connectivity index (χ0v) is 19.4. The van der Waals surface area contributed by atoms with E-state index in [1.54, 1.807) is 12.1 Å². The first-order chi connectivity index (χ1) is 14.8. The fourth-order valence-corrected chi connectivity index (χ4v) is 5.33. The maximum absolute atomic E-state index is 12.3. The summed E-state index contributed by atoms with van der Waals surface area (Å²) in [5.74, 6) is 0.547. The highest BCUT2D eigenvalue weighted by Gasteiger charge is 2.18. The van der Waals surface area contributed by atoms with E-state index in [2.05, 4.69) is 34.0 Å². The van der Waals surface area contributed by atoms with Gasteiger partial charge in [0.05, 0.1) is 5.02 Å². The maximum atomic E-state index is 12.3. The number of carbonyl (C=O) groups is 1. The first-order valence-corrected chi connectivity index (χ1v) is 12.5. The van der Waals surface area contributed by atoms with Crippen LogP contribution in [0.3, 0.4) is 0 Å². The van der Waals surface area contributed by atoms with Crippen molar-refractivity contribution in [2.75, 3.05) is 19.6 Å². The van der Waals surface area contributed by atoms with Crippen molar-refractivity contribution in [3.8, 4) is 0 Å². The Labute approximate surface area is 190 Å². The summed E-state index contributed by atoms with van der Waals surface area (Å²) in [6.07, 6.45) is 2.63. The quantitative estimate of drug-likeness (QED) is 0.596. The highest BCUT2D eigenvalue weighted by atomic mass is 35.5. The van der Waals surface area contributed by atoms with E-state index < -0.39 is 10.0 Å². The smallest absolute Gasteiger partial charge is 0.242 e. The Morgan fingerprint density at radius 2 is 1.84 bits per heavy atom. The predicted octanol–water partition coefficient (Wildman–Crippen LogP) is 3.56. The number of piperidine rings is 1. The van der Waals surface area contributed by atoms with Gasteiger partial charge in [-0.05, 0) is 48.6 Å². The van der Waals surface area contributed by atoms with Gasteiger partial charge in [-0.15, -0.1) is 0 Å². The van der Waals surface area contributed by atoms with Crippen molar-refractivity contribution in [2.45, 2.75) is 44.2 Å². The van der Waals surface area contributed by atoms with Gasteiger partial charge in [-0.3, -0.25) is 9.69 Å². The van der Waals surface area contributed by atoms with E-state index >= 15 is 0 Å². The molecule has 0 aromatic heterocycles. The lowest BCUT2D eigenvalue weighted by atomic mass is 9.99. The summed E-state index contributed by atoms with van der Waals surface area (Å²) < 4.78 is 27.0. The number of nitrogens with zero attached hydrogens (tertiary/aromatic N) is 1. The lowest BCUT2D eigenvalue weighted by Gasteiger charge is -2.30. The molecule has 1 saturated heterocycles. The van der Waals surface area contributed by atoms with Crippen LogP contribution in [0.4, 0.5) is 0 Å². The van der Waals surface area contributed by atoms with Crippen LogP contribution in [0.15, 0.2) is 53.4 Å². The molecule has 0 aliphatic carbocycles. The van der Waals surface area contributed by atoms with Crippen LogP contribution in [-0.4, -0.2) is 38.9 Å². The van der Waals surface area contributed by atoms with Crippen molar-refractivity contribution in [1.29, 1.82) is 0 Å². The predicted molar refractivity (Wildman–Crippen MR) is 123 cm³/mol. The van der Waals surface area contributed by atoms with Gasteiger partial charge >= 0.3 is 0 Å². The number of sulfonamides is 1. The number of nitrogens with one attached hydrogen (secondary N) is 2. The number of rotatable bonds is 9. The van der Waals surface area contributed by atoms with Gasteiger partial charge in [-0.1, -0.05) is 54.9 Å². The van der Waals surface area contributed by atoms with Crippen LogP contribution in [0.25, 0.3) is 0 Å². The maximum Gasteiger partial charge on any atom is 0.242 e. The van der Waals surface area contributed by atoms with Gasteiger partial charge in [-0.2, -0.15) is 0 Å². The Morgan fingerprint density at radius 3 is 2.55 bits per heavy atom. The second-order valence-corrected chi connectivity index (χ2v) is 10.3. The molecule has 2 aromatic rings. The van der Waals surface area contributed by atoms with Crippen LogP contribution >= 0.6 is 11.6 Å². The first-order valence-electron chi connectivity index (χ1n) is 10.6. The van der Waals surface area contributed by atoms with Gasteiger partial charge in [0.25, 0.3) is 0 Å². The van der Waals surface area contributed by atoms with Gasteiger partial charge in [-0.25, -0.2) is 13.1 Å². The number of hydrogen-bond acceptors (Lipinski definition) is 4. The van der Waals surface area contributed by atoms with E-state index in [1.165, 1.54) is 30.5 Å². The SMILES string of the molecule is CC1CCCN(Cc2ccc(CNC(=O)CCNS(=O)(=O)c3ccccc3Cl)cc2)C1. The number of benzene rings is 2. The summed E-state index contributed by atoms with van der Waals surface area (Å²) in [5.41, 5.74) is 2.29. The zero-order chi connectivity index (χ0) is 22.3. The van der Waals surface area contributed by atoms with Crippen LogP contribution in [0.5, 0.6) is 0 Å². The molecule has 1 unspecified atom stereocenters. The molecular formula is C23H30ClN3O3S. The number of amides is 1. The van der Waals surface area contributed by atoms with E-state index in [1.807, 2.05) is 12.1 Å². The van der Waals surface area contributed by atoms with Crippen molar-refractivity contribution in [1.82, 2.24) is 14.9 Å². The molecule has 1 fully saturated rings. The molecule has 6 nitrogen and oxygen atoms in total. The monoisotopic (exact) mass is 463 g/mol. The van der Waals surface area contributed by atoms with Crippen molar-refractivity contribution in [3.05, 3.63) is 64.7 Å². The molecule has 2 N–H and O–H groups in total. The molecule has 3 rings (SSSR count). The highest BCUT2D eigenvalue weighted by molar-refractivity contribution is 7.89. The summed E-state index contributed by atoms with van der Waals surface area (Å²) in [6, 6.07) is 14.5. The van der Waals surface area contributed by atoms with E-state index in [0.29, 0.717) is 6.54 Å². The molecular weight excluding hydrogens is 434 g/mol. The molecule has 31 heavy (non-hydrogen) atoms. The third kappa shape index (κ3) is 7.31. The largest absolute Gasteiger partial charge is 0.352 e. The van der Waals surface area contributed by atoms with Crippen LogP contribution in [0.1, 0.15) is 37.3 Å². The second-order valence-electron chi connectivity index (χ2n) is 8.15. The van der Waals surface area contributed by atoms with E-state index in [9.17, 15) is 13.2 Å². The molecule has 1 amide bonds. The molecule has 168 valence electrons. The van der Waals surface area contributed by atoms with Gasteiger partial charge in [0.1, 0.15) is 4.90 Å². The van der Waals surface area contributed by atoms with Crippen LogP contribution in [0, 0.1) is 5.92 Å². The molecule has 0 radical (unpaired) electrons. The number of likely N-dealkylation sites (tertiary alicyclic amines) is 1. The van der Waals surface area contributed by atoms with Gasteiger partial charge in [0, 0.05) is 32.6 Å². The van der Waals surface area contributed by atoms with Crippen LogP contribution in [0.2, 0.25) is 5.02 Å². The fraction of sp³-hybridized carbons (Fsp3) is 0.435. The lowest BCUT2D eigenvalue weighted by Crippen LogP contribution is -2.33. The van der Waals surface area contributed by atoms with Crippen molar-refractivity contribution in [2.24, 2.45) is 5.92 Å². The Morgan fingerprint density at radius 1 is 1.13 bits per heavy atom. The van der Waals surface area contributed by atoms with Crippen LogP contribution < -0.4 is 10.0 Å².